The van der Waals surface area contributed by atoms with Gasteiger partial charge < -0.3 is 9.47 Å². The number of hydrogen-bond acceptors (Lipinski definition) is 4. The molecule has 0 spiro atoms. The number of benzene rings is 4. The van der Waals surface area contributed by atoms with Crippen molar-refractivity contribution in [3.05, 3.63) is 130 Å². The predicted octanol–water partition coefficient (Wildman–Crippen LogP) is 7.14. The normalized spacial score (nSPS) is 12.9. The van der Waals surface area contributed by atoms with Gasteiger partial charge >= 0.3 is 11.9 Å². The minimum atomic E-state index is -1.43. The maximum absolute atomic E-state index is 12.7. The second kappa shape index (κ2) is 10.8. The van der Waals surface area contributed by atoms with Crippen molar-refractivity contribution in [2.45, 2.75) is 17.2 Å². The van der Waals surface area contributed by atoms with Crippen molar-refractivity contribution in [2.24, 2.45) is 0 Å². The van der Waals surface area contributed by atoms with Gasteiger partial charge in [-0.05, 0) is 46.5 Å². The molecular formula is C31H24Cl2O4. The summed E-state index contributed by atoms with van der Waals surface area (Å²) in [7, 11) is 0. The van der Waals surface area contributed by atoms with Crippen molar-refractivity contribution in [3.8, 4) is 11.1 Å². The number of carbonyl (C=O) groups is 2. The van der Waals surface area contributed by atoms with E-state index in [-0.39, 0.29) is 13.2 Å². The third-order valence-corrected chi connectivity index (χ3v) is 7.23. The van der Waals surface area contributed by atoms with E-state index in [2.05, 4.69) is 0 Å². The molecule has 0 atom stereocenters. The van der Waals surface area contributed by atoms with Gasteiger partial charge in [-0.25, -0.2) is 9.59 Å². The Labute approximate surface area is 225 Å². The highest BCUT2D eigenvalue weighted by molar-refractivity contribution is 6.51. The van der Waals surface area contributed by atoms with E-state index in [0.717, 1.165) is 22.3 Å². The van der Waals surface area contributed by atoms with E-state index in [1.54, 1.807) is 24.3 Å². The van der Waals surface area contributed by atoms with Crippen LogP contribution in [0.15, 0.2) is 97.1 Å². The van der Waals surface area contributed by atoms with Crippen LogP contribution in [0.2, 0.25) is 0 Å². The fourth-order valence-corrected chi connectivity index (χ4v) is 5.08. The van der Waals surface area contributed by atoms with Crippen molar-refractivity contribution in [1.82, 2.24) is 0 Å². The summed E-state index contributed by atoms with van der Waals surface area (Å²) >= 11 is 13.6. The number of hydrogen-bond donors (Lipinski definition) is 0. The molecule has 0 bridgehead atoms. The van der Waals surface area contributed by atoms with Crippen LogP contribution in [-0.2, 0) is 26.6 Å². The molecule has 4 aromatic carbocycles. The minimum Gasteiger partial charge on any atom is -0.462 e. The van der Waals surface area contributed by atoms with Gasteiger partial charge in [0.25, 0.3) is 0 Å². The van der Waals surface area contributed by atoms with E-state index < -0.39 is 16.3 Å². The fraction of sp³-hybridized carbons (Fsp3) is 0.161. The number of alkyl halides is 2. The van der Waals surface area contributed by atoms with E-state index in [4.69, 9.17) is 32.7 Å². The number of ether oxygens (including phenoxy) is 2. The summed E-state index contributed by atoms with van der Waals surface area (Å²) in [5.41, 5.74) is 5.70. The van der Waals surface area contributed by atoms with E-state index in [1.807, 2.05) is 72.8 Å². The lowest BCUT2D eigenvalue weighted by molar-refractivity contribution is 0.0500. The zero-order valence-electron chi connectivity index (χ0n) is 20.0. The largest absolute Gasteiger partial charge is 0.462 e. The Morgan fingerprint density at radius 1 is 0.595 bits per heavy atom. The Morgan fingerprint density at radius 3 is 1.41 bits per heavy atom. The standard InChI is InChI=1S/C31H24Cl2O4/c32-31(33)27-19-23(29(34)36-17-15-21-7-3-1-4-8-21)11-13-25(27)26-14-12-24(20-28(26)31)30(35)37-18-16-22-9-5-2-6-10-22/h1-14,19-20H,15-18H2. The topological polar surface area (TPSA) is 52.6 Å². The van der Waals surface area contributed by atoms with Crippen LogP contribution in [0.1, 0.15) is 43.0 Å². The summed E-state index contributed by atoms with van der Waals surface area (Å²) in [6, 6.07) is 30.0. The van der Waals surface area contributed by atoms with Gasteiger partial charge in [-0.15, -0.1) is 0 Å². The van der Waals surface area contributed by atoms with Gasteiger partial charge in [-0.2, -0.15) is 0 Å². The summed E-state index contributed by atoms with van der Waals surface area (Å²) in [6.45, 7) is 0.533. The number of carbonyl (C=O) groups excluding carboxylic acids is 2. The molecule has 0 aromatic heterocycles. The molecule has 0 aliphatic heterocycles. The van der Waals surface area contributed by atoms with Gasteiger partial charge in [0.05, 0.1) is 24.3 Å². The minimum absolute atomic E-state index is 0.267. The molecule has 4 aromatic rings. The zero-order chi connectivity index (χ0) is 25.8. The summed E-state index contributed by atoms with van der Waals surface area (Å²) < 4.78 is 9.52. The molecule has 0 heterocycles. The molecule has 0 saturated carbocycles. The highest BCUT2D eigenvalue weighted by Gasteiger charge is 2.41. The lowest BCUT2D eigenvalue weighted by Crippen LogP contribution is -2.13. The smallest absolute Gasteiger partial charge is 0.338 e. The lowest BCUT2D eigenvalue weighted by atomic mass is 10.0. The molecule has 0 amide bonds. The first kappa shape index (κ1) is 25.1. The van der Waals surface area contributed by atoms with E-state index in [1.165, 1.54) is 0 Å². The van der Waals surface area contributed by atoms with Crippen molar-refractivity contribution >= 4 is 35.1 Å². The van der Waals surface area contributed by atoms with Gasteiger partial charge in [0.1, 0.15) is 0 Å². The van der Waals surface area contributed by atoms with Crippen LogP contribution >= 0.6 is 23.2 Å². The molecule has 0 unspecified atom stereocenters. The number of rotatable bonds is 8. The molecule has 5 rings (SSSR count). The molecule has 6 heteroatoms. The number of fused-ring (bicyclic) bond motifs is 3. The van der Waals surface area contributed by atoms with Crippen molar-refractivity contribution in [1.29, 1.82) is 0 Å². The molecule has 0 N–H and O–H groups in total. The van der Waals surface area contributed by atoms with Gasteiger partial charge in [0.2, 0.25) is 0 Å². The maximum Gasteiger partial charge on any atom is 0.338 e. The monoisotopic (exact) mass is 530 g/mol. The Morgan fingerprint density at radius 2 is 1.00 bits per heavy atom. The quantitative estimate of drug-likeness (QED) is 0.179. The first-order valence-electron chi connectivity index (χ1n) is 12.0. The molecule has 0 saturated heterocycles. The number of halogens is 2. The third kappa shape index (κ3) is 5.41. The average molecular weight is 531 g/mol. The molecule has 0 fully saturated rings. The predicted molar refractivity (Wildman–Crippen MR) is 145 cm³/mol. The first-order valence-corrected chi connectivity index (χ1v) is 12.8. The van der Waals surface area contributed by atoms with Gasteiger partial charge in [-0.3, -0.25) is 0 Å². The van der Waals surface area contributed by atoms with Crippen LogP contribution < -0.4 is 0 Å². The van der Waals surface area contributed by atoms with Gasteiger partial charge in [-0.1, -0.05) is 96.0 Å². The SMILES string of the molecule is O=C(OCCc1ccccc1)c1ccc2c(c1)C(Cl)(Cl)c1cc(C(=O)OCCc3ccccc3)ccc1-2. The molecule has 0 radical (unpaired) electrons. The molecule has 4 nitrogen and oxygen atoms in total. The van der Waals surface area contributed by atoms with Crippen LogP contribution in [0.5, 0.6) is 0 Å². The van der Waals surface area contributed by atoms with Crippen molar-refractivity contribution in [2.75, 3.05) is 13.2 Å². The number of esters is 2. The maximum atomic E-state index is 12.7. The zero-order valence-corrected chi connectivity index (χ0v) is 21.5. The van der Waals surface area contributed by atoms with Gasteiger partial charge in [0.15, 0.2) is 4.33 Å². The Kier molecular flexibility index (Phi) is 7.31. The molecule has 186 valence electrons. The molecule has 37 heavy (non-hydrogen) atoms. The van der Waals surface area contributed by atoms with Crippen LogP contribution in [0.25, 0.3) is 11.1 Å². The van der Waals surface area contributed by atoms with E-state index in [0.29, 0.717) is 35.1 Å². The molecule has 1 aliphatic rings. The molecular weight excluding hydrogens is 507 g/mol. The Balaban J connectivity index is 1.27. The van der Waals surface area contributed by atoms with Crippen LogP contribution in [-0.4, -0.2) is 25.2 Å². The van der Waals surface area contributed by atoms with Crippen molar-refractivity contribution < 1.29 is 19.1 Å². The second-order valence-corrected chi connectivity index (χ2v) is 10.2. The van der Waals surface area contributed by atoms with Crippen LogP contribution in [0.3, 0.4) is 0 Å². The Hall–Kier alpha value is -3.60. The summed E-state index contributed by atoms with van der Waals surface area (Å²) in [6.07, 6.45) is 1.25. The first-order chi connectivity index (χ1) is 17.9. The lowest BCUT2D eigenvalue weighted by Gasteiger charge is -2.17. The highest BCUT2D eigenvalue weighted by Crippen LogP contribution is 2.54. The highest BCUT2D eigenvalue weighted by atomic mass is 35.5. The third-order valence-electron chi connectivity index (χ3n) is 6.41. The summed E-state index contributed by atoms with van der Waals surface area (Å²) in [5.74, 6) is -0.886. The van der Waals surface area contributed by atoms with Crippen LogP contribution in [0, 0.1) is 0 Å². The summed E-state index contributed by atoms with van der Waals surface area (Å²) in [5, 5.41) is 0. The fourth-order valence-electron chi connectivity index (χ4n) is 4.46. The van der Waals surface area contributed by atoms with E-state index >= 15 is 0 Å². The Bertz CT molecular complexity index is 1320. The average Bonchev–Trinajstić information content (AvgIpc) is 3.15. The summed E-state index contributed by atoms with van der Waals surface area (Å²) in [4.78, 5) is 25.4. The van der Waals surface area contributed by atoms with E-state index in [9.17, 15) is 9.59 Å². The second-order valence-electron chi connectivity index (χ2n) is 8.84. The molecule has 1 aliphatic carbocycles. The van der Waals surface area contributed by atoms with Crippen molar-refractivity contribution in [3.63, 3.8) is 0 Å². The van der Waals surface area contributed by atoms with Gasteiger partial charge in [0, 0.05) is 24.0 Å². The van der Waals surface area contributed by atoms with Crippen LogP contribution in [0.4, 0.5) is 0 Å².